The molecule has 0 aliphatic rings. The van der Waals surface area contributed by atoms with Crippen LogP contribution in [0.3, 0.4) is 0 Å². The molecule has 0 heterocycles. The molecule has 0 radical (unpaired) electrons. The topological polar surface area (TPSA) is 9.23 Å². The van der Waals surface area contributed by atoms with Crippen LogP contribution in [0, 0.1) is 0 Å². The van der Waals surface area contributed by atoms with Gasteiger partial charge in [0.25, 0.3) is 0 Å². The summed E-state index contributed by atoms with van der Waals surface area (Å²) in [5.41, 5.74) is 0.227. The van der Waals surface area contributed by atoms with Crippen LogP contribution in [-0.4, -0.2) is 16.1 Å². The molecule has 0 fully saturated rings. The lowest BCUT2D eigenvalue weighted by Gasteiger charge is -2.31. The van der Waals surface area contributed by atoms with E-state index in [1.54, 1.807) is 0 Å². The smallest absolute Gasteiger partial charge is 0.146 e. The molecular formula is C19H42OSi. The van der Waals surface area contributed by atoms with Gasteiger partial charge in [-0.2, -0.15) is 0 Å². The summed E-state index contributed by atoms with van der Waals surface area (Å²) in [6.45, 7) is 6.85. The van der Waals surface area contributed by atoms with E-state index in [1.165, 1.54) is 96.3 Å². The Balaban J connectivity index is 3.29. The largest absolute Gasteiger partial charge is 0.422 e. The Labute approximate surface area is 138 Å². The van der Waals surface area contributed by atoms with Gasteiger partial charge in [0.2, 0.25) is 0 Å². The van der Waals surface area contributed by atoms with Gasteiger partial charge in [0.1, 0.15) is 10.5 Å². The van der Waals surface area contributed by atoms with Crippen LogP contribution in [0.15, 0.2) is 0 Å². The fraction of sp³-hybridized carbons (Fsp3) is 1.00. The van der Waals surface area contributed by atoms with Crippen LogP contribution >= 0.6 is 0 Å². The van der Waals surface area contributed by atoms with E-state index in [0.717, 1.165) is 10.5 Å². The van der Waals surface area contributed by atoms with Crippen molar-refractivity contribution in [1.29, 1.82) is 0 Å². The molecule has 0 N–H and O–H groups in total. The number of unbranched alkanes of at least 4 members (excludes halogenated alkanes) is 11. The predicted octanol–water partition coefficient (Wildman–Crippen LogP) is 5.93. The molecule has 21 heavy (non-hydrogen) atoms. The van der Waals surface area contributed by atoms with Crippen LogP contribution in [0.25, 0.3) is 0 Å². The molecule has 1 nitrogen and oxygen atoms in total. The molecule has 0 aliphatic heterocycles. The van der Waals surface area contributed by atoms with Gasteiger partial charge in [0.05, 0.1) is 5.60 Å². The van der Waals surface area contributed by atoms with E-state index < -0.39 is 0 Å². The first-order chi connectivity index (χ1) is 10.2. The van der Waals surface area contributed by atoms with Crippen molar-refractivity contribution in [2.24, 2.45) is 0 Å². The SMILES string of the molecule is CCCCCCCCCCCCCCC(CC)(CC)O[SiH3]. The molecule has 2 heteroatoms. The molecule has 0 saturated carbocycles. The van der Waals surface area contributed by atoms with Crippen LogP contribution < -0.4 is 0 Å². The lowest BCUT2D eigenvalue weighted by atomic mass is 9.90. The van der Waals surface area contributed by atoms with Crippen molar-refractivity contribution in [2.45, 2.75) is 123 Å². The van der Waals surface area contributed by atoms with Gasteiger partial charge in [-0.25, -0.2) is 0 Å². The van der Waals surface area contributed by atoms with E-state index in [1.807, 2.05) is 0 Å². The first-order valence-corrected chi connectivity index (χ1v) is 10.6. The van der Waals surface area contributed by atoms with Crippen molar-refractivity contribution in [3.63, 3.8) is 0 Å². The second kappa shape index (κ2) is 15.1. The second-order valence-electron chi connectivity index (χ2n) is 6.73. The Bertz CT molecular complexity index is 193. The summed E-state index contributed by atoms with van der Waals surface area (Å²) in [7, 11) is 0.886. The third-order valence-electron chi connectivity index (χ3n) is 5.21. The molecule has 0 unspecified atom stereocenters. The zero-order valence-corrected chi connectivity index (χ0v) is 17.5. The van der Waals surface area contributed by atoms with Gasteiger partial charge in [0.15, 0.2) is 0 Å². The number of rotatable bonds is 16. The first kappa shape index (κ1) is 21.2. The van der Waals surface area contributed by atoms with Gasteiger partial charge >= 0.3 is 0 Å². The number of hydrogen-bond acceptors (Lipinski definition) is 1. The summed E-state index contributed by atoms with van der Waals surface area (Å²) in [4.78, 5) is 0. The van der Waals surface area contributed by atoms with Crippen LogP contribution in [0.2, 0.25) is 0 Å². The van der Waals surface area contributed by atoms with E-state index in [2.05, 4.69) is 20.8 Å². The summed E-state index contributed by atoms with van der Waals surface area (Å²) < 4.78 is 5.88. The van der Waals surface area contributed by atoms with E-state index in [9.17, 15) is 0 Å². The van der Waals surface area contributed by atoms with Crippen molar-refractivity contribution in [1.82, 2.24) is 0 Å². The van der Waals surface area contributed by atoms with Crippen molar-refractivity contribution in [2.75, 3.05) is 0 Å². The molecule has 0 spiro atoms. The summed E-state index contributed by atoms with van der Waals surface area (Å²) in [5, 5.41) is 0. The molecule has 0 atom stereocenters. The highest BCUT2D eigenvalue weighted by Crippen LogP contribution is 2.26. The fourth-order valence-corrected chi connectivity index (χ4v) is 4.06. The zero-order chi connectivity index (χ0) is 15.8. The maximum absolute atomic E-state index is 5.88. The van der Waals surface area contributed by atoms with Gasteiger partial charge in [-0.05, 0) is 19.3 Å². The highest BCUT2D eigenvalue weighted by molar-refractivity contribution is 5.98. The highest BCUT2D eigenvalue weighted by atomic mass is 28.2. The predicted molar refractivity (Wildman–Crippen MR) is 100 cm³/mol. The second-order valence-corrected chi connectivity index (χ2v) is 7.14. The van der Waals surface area contributed by atoms with E-state index in [0.29, 0.717) is 0 Å². The van der Waals surface area contributed by atoms with E-state index >= 15 is 0 Å². The Morgan fingerprint density at radius 3 is 1.33 bits per heavy atom. The van der Waals surface area contributed by atoms with Crippen molar-refractivity contribution in [3.05, 3.63) is 0 Å². The molecular weight excluding hydrogens is 272 g/mol. The molecule has 128 valence electrons. The quantitative estimate of drug-likeness (QED) is 0.253. The van der Waals surface area contributed by atoms with Gasteiger partial charge in [-0.15, -0.1) is 0 Å². The molecule has 0 bridgehead atoms. The Kier molecular flexibility index (Phi) is 15.2. The molecule has 0 aromatic rings. The maximum Gasteiger partial charge on any atom is 0.146 e. The van der Waals surface area contributed by atoms with Crippen LogP contribution in [-0.2, 0) is 4.43 Å². The first-order valence-electron chi connectivity index (χ1n) is 9.79. The van der Waals surface area contributed by atoms with Crippen molar-refractivity contribution in [3.8, 4) is 0 Å². The van der Waals surface area contributed by atoms with Crippen LogP contribution in [0.1, 0.15) is 117 Å². The van der Waals surface area contributed by atoms with E-state index in [4.69, 9.17) is 4.43 Å². The van der Waals surface area contributed by atoms with Crippen LogP contribution in [0.5, 0.6) is 0 Å². The Morgan fingerprint density at radius 2 is 1.00 bits per heavy atom. The van der Waals surface area contributed by atoms with Gasteiger partial charge < -0.3 is 4.43 Å². The molecule has 0 saturated heterocycles. The van der Waals surface area contributed by atoms with E-state index in [-0.39, 0.29) is 5.60 Å². The average molecular weight is 315 g/mol. The van der Waals surface area contributed by atoms with Gasteiger partial charge in [-0.1, -0.05) is 97.8 Å². The van der Waals surface area contributed by atoms with Gasteiger partial charge in [0, 0.05) is 0 Å². The standard InChI is InChI=1S/C19H42OSi/c1-4-7-8-9-10-11-12-13-14-15-16-17-18-19(5-2,6-3)20-21/h4-18H2,1-3,21H3. The minimum Gasteiger partial charge on any atom is -0.422 e. The summed E-state index contributed by atoms with van der Waals surface area (Å²) >= 11 is 0. The normalized spacial score (nSPS) is 12.1. The molecule has 0 aliphatic carbocycles. The summed E-state index contributed by atoms with van der Waals surface area (Å²) in [6, 6.07) is 0. The molecule has 0 aromatic carbocycles. The Morgan fingerprint density at radius 1 is 0.619 bits per heavy atom. The lowest BCUT2D eigenvalue weighted by molar-refractivity contribution is 0.0583. The third kappa shape index (κ3) is 11.4. The van der Waals surface area contributed by atoms with Crippen molar-refractivity contribution >= 4 is 10.5 Å². The fourth-order valence-electron chi connectivity index (χ4n) is 3.28. The molecule has 0 amide bonds. The monoisotopic (exact) mass is 314 g/mol. The lowest BCUT2D eigenvalue weighted by Crippen LogP contribution is -2.30. The van der Waals surface area contributed by atoms with Gasteiger partial charge in [-0.3, -0.25) is 0 Å². The number of hydrogen-bond donors (Lipinski definition) is 0. The minimum atomic E-state index is 0.227. The van der Waals surface area contributed by atoms with Crippen molar-refractivity contribution < 1.29 is 4.43 Å². The summed E-state index contributed by atoms with van der Waals surface area (Å²) in [5.74, 6) is 0. The average Bonchev–Trinajstić information content (AvgIpc) is 2.53. The molecule has 0 aromatic heterocycles. The maximum atomic E-state index is 5.88. The minimum absolute atomic E-state index is 0.227. The Hall–Kier alpha value is 0.177. The molecule has 0 rings (SSSR count). The summed E-state index contributed by atoms with van der Waals surface area (Å²) in [6.07, 6.45) is 20.9. The third-order valence-corrected chi connectivity index (χ3v) is 6.07. The zero-order valence-electron chi connectivity index (χ0n) is 15.5. The highest BCUT2D eigenvalue weighted by Gasteiger charge is 2.23. The van der Waals surface area contributed by atoms with Crippen LogP contribution in [0.4, 0.5) is 0 Å².